The summed E-state index contributed by atoms with van der Waals surface area (Å²) in [6.07, 6.45) is 5.43. The Bertz CT molecular complexity index is 244. The van der Waals surface area contributed by atoms with Crippen LogP contribution in [0.2, 0.25) is 19.6 Å². The van der Waals surface area contributed by atoms with Crippen molar-refractivity contribution in [2.24, 2.45) is 11.8 Å². The monoisotopic (exact) mass is 243 g/mol. The molecule has 94 valence electrons. The minimum atomic E-state index is -1.79. The fraction of sp³-hybridized carbons (Fsp3) is 0.750. The van der Waals surface area contributed by atoms with E-state index in [1.807, 2.05) is 25.7 Å². The van der Waals surface area contributed by atoms with Crippen molar-refractivity contribution in [3.63, 3.8) is 0 Å². The average molecular weight is 243 g/mol. The predicted molar refractivity (Wildman–Crippen MR) is 71.9 cm³/mol. The Morgan fingerprint density at radius 2 is 1.94 bits per heavy atom. The third kappa shape index (κ3) is 7.51. The SMILES string of the molecule is C=CCCC(/C=[N+](\[O-])O[Si](C)(C)C)C(C)C. The zero-order chi connectivity index (χ0) is 12.8. The number of hydrogen-bond donors (Lipinski definition) is 0. The van der Waals surface area contributed by atoms with Crippen molar-refractivity contribution in [2.45, 2.75) is 46.3 Å². The highest BCUT2D eigenvalue weighted by Gasteiger charge is 2.18. The zero-order valence-electron chi connectivity index (χ0n) is 11.2. The van der Waals surface area contributed by atoms with Gasteiger partial charge in [-0.2, -0.15) is 0 Å². The van der Waals surface area contributed by atoms with Crippen molar-refractivity contribution in [3.05, 3.63) is 17.9 Å². The lowest BCUT2D eigenvalue weighted by Crippen LogP contribution is -2.31. The molecule has 0 N–H and O–H groups in total. The van der Waals surface area contributed by atoms with Crippen molar-refractivity contribution in [1.29, 1.82) is 0 Å². The Labute approximate surface area is 100 Å². The molecule has 16 heavy (non-hydrogen) atoms. The van der Waals surface area contributed by atoms with Crippen molar-refractivity contribution >= 4 is 14.5 Å². The maximum Gasteiger partial charge on any atom is 0.212 e. The Hall–Kier alpha value is -0.773. The predicted octanol–water partition coefficient (Wildman–Crippen LogP) is 3.57. The van der Waals surface area contributed by atoms with Gasteiger partial charge in [0.15, 0.2) is 8.32 Å². The first-order valence-electron chi connectivity index (χ1n) is 5.87. The highest BCUT2D eigenvalue weighted by atomic mass is 28.4. The van der Waals surface area contributed by atoms with Gasteiger partial charge in [0.2, 0.25) is 6.21 Å². The van der Waals surface area contributed by atoms with Crippen LogP contribution in [0.1, 0.15) is 26.7 Å². The smallest absolute Gasteiger partial charge is 0.212 e. The molecule has 1 unspecified atom stereocenters. The molecule has 0 aliphatic heterocycles. The minimum Gasteiger partial charge on any atom is -0.444 e. The van der Waals surface area contributed by atoms with Gasteiger partial charge in [-0.1, -0.05) is 39.6 Å². The summed E-state index contributed by atoms with van der Waals surface area (Å²) in [5, 5.41) is 11.6. The molecule has 0 bridgehead atoms. The molecule has 0 saturated heterocycles. The summed E-state index contributed by atoms with van der Waals surface area (Å²) in [4.78, 5) is 0.667. The van der Waals surface area contributed by atoms with E-state index < -0.39 is 8.32 Å². The molecular formula is C12H25NO2Si. The normalized spacial score (nSPS) is 15.0. The second kappa shape index (κ2) is 6.73. The molecule has 3 nitrogen and oxygen atoms in total. The zero-order valence-corrected chi connectivity index (χ0v) is 12.2. The van der Waals surface area contributed by atoms with E-state index in [1.165, 1.54) is 0 Å². The van der Waals surface area contributed by atoms with Crippen LogP contribution in [-0.4, -0.2) is 19.4 Å². The highest BCUT2D eigenvalue weighted by molar-refractivity contribution is 6.69. The van der Waals surface area contributed by atoms with E-state index in [4.69, 9.17) is 4.53 Å². The molecule has 4 heteroatoms. The lowest BCUT2D eigenvalue weighted by molar-refractivity contribution is -0.701. The molecule has 0 aromatic carbocycles. The van der Waals surface area contributed by atoms with Crippen molar-refractivity contribution in [3.8, 4) is 0 Å². The van der Waals surface area contributed by atoms with Gasteiger partial charge in [-0.05, 0) is 18.8 Å². The van der Waals surface area contributed by atoms with Crippen molar-refractivity contribution < 1.29 is 9.43 Å². The lowest BCUT2D eigenvalue weighted by atomic mass is 9.92. The van der Waals surface area contributed by atoms with E-state index in [2.05, 4.69) is 20.4 Å². The number of rotatable bonds is 7. The van der Waals surface area contributed by atoms with Crippen LogP contribution in [0.5, 0.6) is 0 Å². The second-order valence-electron chi connectivity index (χ2n) is 5.41. The van der Waals surface area contributed by atoms with Gasteiger partial charge >= 0.3 is 0 Å². The molecule has 0 aromatic rings. The summed E-state index contributed by atoms with van der Waals surface area (Å²) in [7, 11) is -1.79. The largest absolute Gasteiger partial charge is 0.444 e. The summed E-state index contributed by atoms with van der Waals surface area (Å²) >= 11 is 0. The molecule has 1 atom stereocenters. The molecule has 0 aliphatic rings. The summed E-state index contributed by atoms with van der Waals surface area (Å²) in [6.45, 7) is 13.9. The fourth-order valence-corrected chi connectivity index (χ4v) is 1.95. The standard InChI is InChI=1S/C12H25NO2Si/c1-7-8-9-12(11(2)3)10-13(14)15-16(4,5)6/h7,10-12H,1,8-9H2,2-6H3/b13-10+. The Morgan fingerprint density at radius 1 is 1.38 bits per heavy atom. The van der Waals surface area contributed by atoms with E-state index in [9.17, 15) is 5.21 Å². The van der Waals surface area contributed by atoms with E-state index >= 15 is 0 Å². The Kier molecular flexibility index (Phi) is 6.41. The van der Waals surface area contributed by atoms with Gasteiger partial charge in [-0.3, -0.25) is 5.21 Å². The van der Waals surface area contributed by atoms with Crippen molar-refractivity contribution in [2.75, 3.05) is 0 Å². The summed E-state index contributed by atoms with van der Waals surface area (Å²) in [5.74, 6) is 0.702. The molecular weight excluding hydrogens is 218 g/mol. The summed E-state index contributed by atoms with van der Waals surface area (Å²) in [5.41, 5.74) is 0. The molecule has 0 amide bonds. The van der Waals surface area contributed by atoms with Gasteiger partial charge in [0.25, 0.3) is 0 Å². The first kappa shape index (κ1) is 15.2. The lowest BCUT2D eigenvalue weighted by Gasteiger charge is -2.21. The minimum absolute atomic E-state index is 0.256. The quantitative estimate of drug-likeness (QED) is 0.225. The number of nitrogens with zero attached hydrogens (tertiary/aromatic N) is 1. The van der Waals surface area contributed by atoms with Gasteiger partial charge < -0.3 is 4.53 Å². The van der Waals surface area contributed by atoms with Crippen LogP contribution in [0.15, 0.2) is 12.7 Å². The molecule has 0 spiro atoms. The molecule has 0 radical (unpaired) electrons. The maximum atomic E-state index is 11.6. The topological polar surface area (TPSA) is 35.3 Å². The van der Waals surface area contributed by atoms with Crippen LogP contribution in [0.25, 0.3) is 0 Å². The van der Waals surface area contributed by atoms with Crippen LogP contribution in [0, 0.1) is 17.0 Å². The average Bonchev–Trinajstić information content (AvgIpc) is 2.08. The molecule has 0 rings (SSSR count). The van der Waals surface area contributed by atoms with Crippen LogP contribution >= 0.6 is 0 Å². The van der Waals surface area contributed by atoms with Crippen molar-refractivity contribution in [1.82, 2.24) is 0 Å². The number of hydrogen-bond acceptors (Lipinski definition) is 2. The van der Waals surface area contributed by atoms with Gasteiger partial charge in [-0.15, -0.1) is 6.58 Å². The van der Waals surface area contributed by atoms with Crippen LogP contribution < -0.4 is 0 Å². The summed E-state index contributed by atoms with van der Waals surface area (Å²) in [6, 6.07) is 0. The molecule has 0 heterocycles. The Morgan fingerprint density at radius 3 is 2.31 bits per heavy atom. The van der Waals surface area contributed by atoms with Gasteiger partial charge in [0, 0.05) is 10.8 Å². The molecule has 0 aromatic heterocycles. The van der Waals surface area contributed by atoms with Gasteiger partial charge in [0.1, 0.15) is 0 Å². The van der Waals surface area contributed by atoms with Gasteiger partial charge in [0.05, 0.1) is 0 Å². The van der Waals surface area contributed by atoms with E-state index in [-0.39, 0.29) is 5.92 Å². The highest BCUT2D eigenvalue weighted by Crippen LogP contribution is 2.15. The van der Waals surface area contributed by atoms with Crippen LogP contribution in [0.4, 0.5) is 0 Å². The third-order valence-electron chi connectivity index (χ3n) is 2.24. The maximum absolute atomic E-state index is 11.6. The number of allylic oxidation sites excluding steroid dienone is 1. The Balaban J connectivity index is 4.45. The first-order valence-corrected chi connectivity index (χ1v) is 9.28. The first-order chi connectivity index (χ1) is 7.26. The van der Waals surface area contributed by atoms with E-state index in [0.717, 1.165) is 12.8 Å². The van der Waals surface area contributed by atoms with Crippen LogP contribution in [0.3, 0.4) is 0 Å². The van der Waals surface area contributed by atoms with E-state index in [0.29, 0.717) is 10.8 Å². The third-order valence-corrected chi connectivity index (χ3v) is 2.97. The molecule has 0 saturated carbocycles. The van der Waals surface area contributed by atoms with Gasteiger partial charge in [-0.25, -0.2) is 0 Å². The fourth-order valence-electron chi connectivity index (χ4n) is 1.35. The summed E-state index contributed by atoms with van der Waals surface area (Å²) < 4.78 is 5.33. The second-order valence-corrected chi connectivity index (χ2v) is 9.82. The molecule has 0 fully saturated rings. The van der Waals surface area contributed by atoms with Crippen LogP contribution in [-0.2, 0) is 4.53 Å². The molecule has 0 aliphatic carbocycles. The van der Waals surface area contributed by atoms with E-state index in [1.54, 1.807) is 6.21 Å².